The number of likely N-dealkylation sites (N-methyl/N-ethyl adjacent to an activating group) is 2. The second kappa shape index (κ2) is 23.8. The number of ketones is 4. The van der Waals surface area contributed by atoms with E-state index in [9.17, 15) is 38.4 Å². The third-order valence-corrected chi connectivity index (χ3v) is 13.8. The average molecular weight is 968 g/mol. The summed E-state index contributed by atoms with van der Waals surface area (Å²) in [6, 6.07) is 38.8. The summed E-state index contributed by atoms with van der Waals surface area (Å²) in [7, 11) is 6.73. The molecule has 14 heteroatoms. The fraction of sp³-hybridized carbons (Fsp3) is 0.293. The summed E-state index contributed by atoms with van der Waals surface area (Å²) in [5.74, 6) is -4.78. The van der Waals surface area contributed by atoms with Crippen molar-refractivity contribution >= 4 is 34.9 Å². The summed E-state index contributed by atoms with van der Waals surface area (Å²) in [5.41, 5.74) is 4.23. The molecule has 13 nitrogen and oxygen atoms in total. The number of nitrogens with zero attached hydrogens (tertiary/aromatic N) is 7. The van der Waals surface area contributed by atoms with Gasteiger partial charge in [0.1, 0.15) is 5.82 Å². The van der Waals surface area contributed by atoms with Crippen LogP contribution in [-0.2, 0) is 9.59 Å². The van der Waals surface area contributed by atoms with Crippen LogP contribution in [0.3, 0.4) is 0 Å². The monoisotopic (exact) mass is 967 g/mol. The largest absolute Gasteiger partial charge is 0.348 e. The van der Waals surface area contributed by atoms with Gasteiger partial charge >= 0.3 is 0 Å². The highest BCUT2D eigenvalue weighted by molar-refractivity contribution is 6.03. The summed E-state index contributed by atoms with van der Waals surface area (Å²) in [4.78, 5) is 95.7. The number of benzene rings is 4. The molecular weight excluding hydrogens is 910 g/mol. The fourth-order valence-electron chi connectivity index (χ4n) is 10.0. The van der Waals surface area contributed by atoms with E-state index >= 15 is 0 Å². The van der Waals surface area contributed by atoms with Crippen LogP contribution in [0.1, 0.15) is 75.5 Å². The highest BCUT2D eigenvalue weighted by Gasteiger charge is 2.47. The number of Topliss-reactive ketones (excluding diaryl/α,β-unsaturated/α-hetero) is 4. The van der Waals surface area contributed by atoms with Crippen molar-refractivity contribution in [1.29, 1.82) is 5.26 Å². The smallest absolute Gasteiger partial charge is 0.236 e. The third-order valence-electron chi connectivity index (χ3n) is 13.8. The van der Waals surface area contributed by atoms with Gasteiger partial charge < -0.3 is 9.80 Å². The van der Waals surface area contributed by atoms with Crippen LogP contribution in [0.5, 0.6) is 0 Å². The van der Waals surface area contributed by atoms with Crippen molar-refractivity contribution in [1.82, 2.24) is 29.6 Å². The zero-order chi connectivity index (χ0) is 51.5. The summed E-state index contributed by atoms with van der Waals surface area (Å²) >= 11 is 0. The molecule has 0 N–H and O–H groups in total. The number of aromatic nitrogens is 2. The van der Waals surface area contributed by atoms with Gasteiger partial charge in [-0.1, -0.05) is 91.0 Å². The van der Waals surface area contributed by atoms with Gasteiger partial charge in [0.15, 0.2) is 23.1 Å². The first-order valence-corrected chi connectivity index (χ1v) is 23.8. The Morgan fingerprint density at radius 2 is 0.861 bits per heavy atom. The molecule has 6 aromatic rings. The lowest BCUT2D eigenvalue weighted by Crippen LogP contribution is -2.52. The standard InChI is InChI=1S/C30H29N3O3.C28H29FN4O3/c1-32(2)27(34)20-33-18-25(29(35)21-11-5-3-6-12-21)28(24-16-10-9-15-23(24)17-31)26(19-33)30(36)22-13-7-4-8-14-22;1-18-21(5-4-6-24(18)29)26-22(27(35)19-7-11-30-12-8-19)15-33(17-25(34)32(2)3)16-23(26)28(36)20-9-13-31-14-10-20/h3-16,25-26,28H,18-20H2,1-2H3;4-14,22-23,26H,15-17H2,1-3H3. The summed E-state index contributed by atoms with van der Waals surface area (Å²) in [6.07, 6.45) is 6.19. The summed E-state index contributed by atoms with van der Waals surface area (Å²) < 4.78 is 14.7. The van der Waals surface area contributed by atoms with E-state index in [4.69, 9.17) is 0 Å². The maximum absolute atomic E-state index is 14.7. The van der Waals surface area contributed by atoms with Gasteiger partial charge in [-0.2, -0.15) is 5.26 Å². The number of rotatable bonds is 14. The van der Waals surface area contributed by atoms with Crippen molar-refractivity contribution in [3.8, 4) is 6.07 Å². The minimum atomic E-state index is -0.674. The molecule has 4 heterocycles. The molecule has 2 aliphatic heterocycles. The lowest BCUT2D eigenvalue weighted by Gasteiger charge is -2.43. The second-order valence-corrected chi connectivity index (χ2v) is 18.8. The van der Waals surface area contributed by atoms with E-state index in [-0.39, 0.29) is 66.9 Å². The van der Waals surface area contributed by atoms with E-state index in [0.717, 1.165) is 0 Å². The van der Waals surface area contributed by atoms with Gasteiger partial charge in [-0.15, -0.1) is 0 Å². The molecular formula is C58H58FN7O6. The maximum Gasteiger partial charge on any atom is 0.236 e. The van der Waals surface area contributed by atoms with Gasteiger partial charge in [-0.25, -0.2) is 4.39 Å². The molecule has 0 saturated carbocycles. The van der Waals surface area contributed by atoms with Crippen LogP contribution in [0.15, 0.2) is 152 Å². The van der Waals surface area contributed by atoms with Gasteiger partial charge in [-0.3, -0.25) is 48.5 Å². The number of likely N-dealkylation sites (tertiary alicyclic amines) is 2. The molecule has 0 spiro atoms. The van der Waals surface area contributed by atoms with Gasteiger partial charge in [-0.05, 0) is 60.0 Å². The minimum Gasteiger partial charge on any atom is -0.348 e. The first kappa shape index (κ1) is 52.0. The number of amides is 2. The number of hydrogen-bond acceptors (Lipinski definition) is 11. The zero-order valence-electron chi connectivity index (χ0n) is 41.1. The first-order chi connectivity index (χ1) is 34.7. The molecule has 2 aromatic heterocycles. The Hall–Kier alpha value is -7.86. The number of hydrogen-bond donors (Lipinski definition) is 0. The molecule has 4 unspecified atom stereocenters. The SMILES string of the molecule is CN(C)C(=O)CN1CC(C(=O)c2ccccc2)C(c2ccccc2C#N)C(C(=O)c2ccccc2)C1.Cc1c(F)cccc1C1C(C(=O)c2ccncc2)CN(CC(=O)N(C)C)CC1C(=O)c1ccncc1. The van der Waals surface area contributed by atoms with E-state index in [2.05, 4.69) is 16.0 Å². The maximum atomic E-state index is 14.7. The van der Waals surface area contributed by atoms with Crippen LogP contribution >= 0.6 is 0 Å². The fourth-order valence-corrected chi connectivity index (χ4v) is 10.0. The van der Waals surface area contributed by atoms with Gasteiger partial charge in [0.2, 0.25) is 11.8 Å². The normalized spacial score (nSPS) is 19.9. The van der Waals surface area contributed by atoms with Crippen LogP contribution in [0.4, 0.5) is 4.39 Å². The minimum absolute atomic E-state index is 0.0715. The Kier molecular flexibility index (Phi) is 17.2. The molecule has 8 rings (SSSR count). The van der Waals surface area contributed by atoms with Crippen LogP contribution in [0.2, 0.25) is 0 Å². The van der Waals surface area contributed by atoms with Crippen molar-refractivity contribution in [2.24, 2.45) is 23.7 Å². The van der Waals surface area contributed by atoms with Gasteiger partial charge in [0, 0.05) is 137 Å². The number of pyridine rings is 2. The molecule has 368 valence electrons. The van der Waals surface area contributed by atoms with Crippen molar-refractivity contribution in [3.05, 3.63) is 203 Å². The predicted molar refractivity (Wildman–Crippen MR) is 271 cm³/mol. The second-order valence-electron chi connectivity index (χ2n) is 18.8. The Bertz CT molecular complexity index is 2810. The number of nitriles is 1. The van der Waals surface area contributed by atoms with E-state index in [1.54, 1.807) is 133 Å². The number of piperidine rings is 2. The van der Waals surface area contributed by atoms with Crippen LogP contribution in [-0.4, -0.2) is 132 Å². The Balaban J connectivity index is 0.000000211. The summed E-state index contributed by atoms with van der Waals surface area (Å²) in [5, 5.41) is 9.88. The molecule has 2 saturated heterocycles. The topological polar surface area (TPSA) is 165 Å². The van der Waals surface area contributed by atoms with Crippen LogP contribution in [0, 0.1) is 47.7 Å². The molecule has 4 aromatic carbocycles. The molecule has 4 atom stereocenters. The molecule has 2 amide bonds. The van der Waals surface area contributed by atoms with Crippen LogP contribution < -0.4 is 0 Å². The molecule has 72 heavy (non-hydrogen) atoms. The Morgan fingerprint density at radius 3 is 1.25 bits per heavy atom. The van der Waals surface area contributed by atoms with Gasteiger partial charge in [0.25, 0.3) is 0 Å². The molecule has 0 radical (unpaired) electrons. The Labute approximate surface area is 419 Å². The predicted octanol–water partition coefficient (Wildman–Crippen LogP) is 7.45. The van der Waals surface area contributed by atoms with Crippen molar-refractivity contribution in [2.45, 2.75) is 18.8 Å². The molecule has 2 aliphatic rings. The number of carbonyl (C=O) groups is 6. The average Bonchev–Trinajstić information content (AvgIpc) is 3.41. The van der Waals surface area contributed by atoms with Gasteiger partial charge in [0.05, 0.1) is 24.7 Å². The van der Waals surface area contributed by atoms with Crippen molar-refractivity contribution < 1.29 is 33.2 Å². The van der Waals surface area contributed by atoms with Crippen LogP contribution in [0.25, 0.3) is 0 Å². The number of carbonyl (C=O) groups excluding carboxylic acids is 6. The van der Waals surface area contributed by atoms with E-state index < -0.39 is 35.5 Å². The zero-order valence-corrected chi connectivity index (χ0v) is 41.1. The lowest BCUT2D eigenvalue weighted by atomic mass is 9.68. The first-order valence-electron chi connectivity index (χ1n) is 23.8. The Morgan fingerprint density at radius 1 is 0.514 bits per heavy atom. The van der Waals surface area contributed by atoms with E-state index in [1.165, 1.54) is 15.9 Å². The quantitative estimate of drug-likeness (QED) is 0.0996. The van der Waals surface area contributed by atoms with E-state index in [0.29, 0.717) is 57.6 Å². The van der Waals surface area contributed by atoms with Crippen molar-refractivity contribution in [3.63, 3.8) is 0 Å². The highest BCUT2D eigenvalue weighted by atomic mass is 19.1. The molecule has 0 bridgehead atoms. The van der Waals surface area contributed by atoms with E-state index in [1.807, 2.05) is 58.3 Å². The summed E-state index contributed by atoms with van der Waals surface area (Å²) in [6.45, 7) is 3.02. The lowest BCUT2D eigenvalue weighted by molar-refractivity contribution is -0.131. The van der Waals surface area contributed by atoms with Crippen molar-refractivity contribution in [2.75, 3.05) is 67.5 Å². The third kappa shape index (κ3) is 12.0. The highest BCUT2D eigenvalue weighted by Crippen LogP contribution is 2.44. The molecule has 2 fully saturated rings. The molecule has 0 aliphatic carbocycles. The number of halogens is 1.